The molecule has 0 N–H and O–H groups in total. The molecule has 130 valence electrons. The maximum atomic E-state index is 14.4. The first kappa shape index (κ1) is 17.4. The van der Waals surface area contributed by atoms with Crippen LogP contribution in [0.25, 0.3) is 16.9 Å². The minimum Gasteiger partial charge on any atom is -0.267 e. The highest BCUT2D eigenvalue weighted by Crippen LogP contribution is 2.29. The van der Waals surface area contributed by atoms with Gasteiger partial charge < -0.3 is 0 Å². The predicted molar refractivity (Wildman–Crippen MR) is 88.3 cm³/mol. The van der Waals surface area contributed by atoms with Crippen LogP contribution in [0.4, 0.5) is 13.2 Å². The summed E-state index contributed by atoms with van der Waals surface area (Å²) in [5.74, 6) is -2.62. The number of hydrogen-bond acceptors (Lipinski definition) is 4. The lowest BCUT2D eigenvalue weighted by molar-refractivity contribution is 0.557. The molecule has 2 aromatic carbocycles. The lowest BCUT2D eigenvalue weighted by Gasteiger charge is -2.10. The zero-order chi connectivity index (χ0) is 18.4. The first-order chi connectivity index (χ1) is 11.7. The molecule has 3 rings (SSSR count). The third-order valence-corrected chi connectivity index (χ3v) is 5.31. The Morgan fingerprint density at radius 1 is 1.00 bits per heavy atom. The van der Waals surface area contributed by atoms with E-state index >= 15 is 0 Å². The van der Waals surface area contributed by atoms with Gasteiger partial charge in [0.15, 0.2) is 9.84 Å². The number of nitrogens with zero attached hydrogens (tertiary/aromatic N) is 1. The van der Waals surface area contributed by atoms with Crippen LogP contribution in [0.2, 0.25) is 0 Å². The summed E-state index contributed by atoms with van der Waals surface area (Å²) in [6.07, 6.45) is 0.767. The summed E-state index contributed by atoms with van der Waals surface area (Å²) in [4.78, 5) is 10.9. The van der Waals surface area contributed by atoms with Crippen molar-refractivity contribution in [2.24, 2.45) is 0 Å². The molecule has 0 aliphatic carbocycles. The SMILES string of the molecule is CS(=O)(=O)c1cc(F)c(-c2csc(=O)n2-c2ccc(F)cc2)cc1F. The molecule has 25 heavy (non-hydrogen) atoms. The molecule has 0 bridgehead atoms. The van der Waals surface area contributed by atoms with E-state index < -0.39 is 37.1 Å². The fourth-order valence-electron chi connectivity index (χ4n) is 2.34. The molecule has 3 aromatic rings. The van der Waals surface area contributed by atoms with Crippen LogP contribution < -0.4 is 4.87 Å². The van der Waals surface area contributed by atoms with Crippen molar-refractivity contribution >= 4 is 21.2 Å². The van der Waals surface area contributed by atoms with E-state index in [0.717, 1.165) is 40.4 Å². The van der Waals surface area contributed by atoms with Crippen LogP contribution in [0.5, 0.6) is 0 Å². The summed E-state index contributed by atoms with van der Waals surface area (Å²) in [6, 6.07) is 6.22. The zero-order valence-corrected chi connectivity index (χ0v) is 14.3. The van der Waals surface area contributed by atoms with Gasteiger partial charge in [-0.1, -0.05) is 11.3 Å². The van der Waals surface area contributed by atoms with Crippen molar-refractivity contribution in [1.82, 2.24) is 4.57 Å². The van der Waals surface area contributed by atoms with Crippen molar-refractivity contribution in [3.63, 3.8) is 0 Å². The molecular formula is C16H10F3NO3S2. The maximum Gasteiger partial charge on any atom is 0.312 e. The van der Waals surface area contributed by atoms with E-state index in [1.54, 1.807) is 0 Å². The Morgan fingerprint density at radius 3 is 2.24 bits per heavy atom. The van der Waals surface area contributed by atoms with Gasteiger partial charge in [-0.2, -0.15) is 0 Å². The molecule has 0 radical (unpaired) electrons. The molecule has 9 heteroatoms. The number of halogens is 3. The summed E-state index contributed by atoms with van der Waals surface area (Å²) in [7, 11) is -3.94. The average molecular weight is 385 g/mol. The van der Waals surface area contributed by atoms with E-state index in [1.807, 2.05) is 0 Å². The molecule has 0 aliphatic rings. The molecule has 0 aliphatic heterocycles. The molecule has 0 saturated heterocycles. The van der Waals surface area contributed by atoms with Crippen LogP contribution in [0.1, 0.15) is 0 Å². The van der Waals surface area contributed by atoms with Gasteiger partial charge in [0.05, 0.1) is 11.4 Å². The third-order valence-electron chi connectivity index (χ3n) is 3.48. The second-order valence-electron chi connectivity index (χ2n) is 5.23. The average Bonchev–Trinajstić information content (AvgIpc) is 2.90. The summed E-state index contributed by atoms with van der Waals surface area (Å²) in [5, 5.41) is 1.32. The predicted octanol–water partition coefficient (Wildman–Crippen LogP) is 3.39. The van der Waals surface area contributed by atoms with E-state index in [9.17, 15) is 26.4 Å². The van der Waals surface area contributed by atoms with Gasteiger partial charge in [-0.05, 0) is 36.4 Å². The highest BCUT2D eigenvalue weighted by molar-refractivity contribution is 7.90. The van der Waals surface area contributed by atoms with Gasteiger partial charge in [-0.15, -0.1) is 0 Å². The van der Waals surface area contributed by atoms with Crippen molar-refractivity contribution in [2.75, 3.05) is 6.26 Å². The first-order valence-corrected chi connectivity index (χ1v) is 9.61. The van der Waals surface area contributed by atoms with Crippen molar-refractivity contribution < 1.29 is 21.6 Å². The molecule has 0 amide bonds. The summed E-state index contributed by atoms with van der Waals surface area (Å²) in [5.41, 5.74) is 0.0419. The topological polar surface area (TPSA) is 56.1 Å². The van der Waals surface area contributed by atoms with Crippen LogP contribution in [0.15, 0.2) is 51.5 Å². The van der Waals surface area contributed by atoms with Gasteiger partial charge in [-0.3, -0.25) is 9.36 Å². The minimum absolute atomic E-state index is 0.0399. The van der Waals surface area contributed by atoms with Crippen LogP contribution in [0, 0.1) is 17.5 Å². The van der Waals surface area contributed by atoms with Crippen LogP contribution in [0.3, 0.4) is 0 Å². The lowest BCUT2D eigenvalue weighted by atomic mass is 10.1. The lowest BCUT2D eigenvalue weighted by Crippen LogP contribution is -2.12. The Hall–Kier alpha value is -2.39. The molecule has 0 spiro atoms. The number of benzene rings is 2. The Kier molecular flexibility index (Phi) is 4.29. The van der Waals surface area contributed by atoms with E-state index in [0.29, 0.717) is 6.07 Å². The fourth-order valence-corrected chi connectivity index (χ4v) is 3.82. The highest BCUT2D eigenvalue weighted by atomic mass is 32.2. The monoisotopic (exact) mass is 385 g/mol. The smallest absolute Gasteiger partial charge is 0.267 e. The number of thiazole rings is 1. The maximum absolute atomic E-state index is 14.4. The van der Waals surface area contributed by atoms with Crippen LogP contribution in [-0.2, 0) is 9.84 Å². The number of rotatable bonds is 3. The number of aromatic nitrogens is 1. The van der Waals surface area contributed by atoms with Gasteiger partial charge in [0.2, 0.25) is 0 Å². The summed E-state index contributed by atoms with van der Waals surface area (Å²) in [6.45, 7) is 0. The van der Waals surface area contributed by atoms with E-state index in [-0.39, 0.29) is 16.9 Å². The first-order valence-electron chi connectivity index (χ1n) is 6.84. The van der Waals surface area contributed by atoms with E-state index in [1.165, 1.54) is 17.5 Å². The molecule has 1 heterocycles. The molecule has 4 nitrogen and oxygen atoms in total. The van der Waals surface area contributed by atoms with Gasteiger partial charge >= 0.3 is 4.87 Å². The largest absolute Gasteiger partial charge is 0.312 e. The second kappa shape index (κ2) is 6.16. The number of sulfone groups is 1. The fraction of sp³-hybridized carbons (Fsp3) is 0.0625. The highest BCUT2D eigenvalue weighted by Gasteiger charge is 2.21. The second-order valence-corrected chi connectivity index (χ2v) is 8.04. The standard InChI is InChI=1S/C16H10F3NO3S2/c1-25(22,23)15-7-12(18)11(6-13(15)19)14-8-24-16(21)20(14)10-4-2-9(17)3-5-10/h2-8H,1H3. The van der Waals surface area contributed by atoms with Crippen LogP contribution in [-0.4, -0.2) is 19.2 Å². The van der Waals surface area contributed by atoms with E-state index in [4.69, 9.17) is 0 Å². The van der Waals surface area contributed by atoms with Gasteiger partial charge in [-0.25, -0.2) is 21.6 Å². The van der Waals surface area contributed by atoms with Crippen molar-refractivity contribution in [3.05, 3.63) is 68.9 Å². The van der Waals surface area contributed by atoms with Crippen molar-refractivity contribution in [2.45, 2.75) is 4.90 Å². The van der Waals surface area contributed by atoms with Crippen LogP contribution >= 0.6 is 11.3 Å². The normalized spacial score (nSPS) is 11.7. The van der Waals surface area contributed by atoms with E-state index in [2.05, 4.69) is 0 Å². The Morgan fingerprint density at radius 2 is 1.64 bits per heavy atom. The van der Waals surface area contributed by atoms with Gasteiger partial charge in [0, 0.05) is 17.2 Å². The zero-order valence-electron chi connectivity index (χ0n) is 12.7. The Balaban J connectivity index is 2.24. The Bertz CT molecular complexity index is 1120. The quantitative estimate of drug-likeness (QED) is 0.695. The molecule has 1 aromatic heterocycles. The molecular weight excluding hydrogens is 375 g/mol. The van der Waals surface area contributed by atoms with Gasteiger partial charge in [0.1, 0.15) is 22.3 Å². The molecule has 0 saturated carbocycles. The minimum atomic E-state index is -3.94. The molecule has 0 fully saturated rings. The van der Waals surface area contributed by atoms with Gasteiger partial charge in [0.25, 0.3) is 0 Å². The molecule has 0 atom stereocenters. The van der Waals surface area contributed by atoms with Crippen molar-refractivity contribution in [1.29, 1.82) is 0 Å². The summed E-state index contributed by atoms with van der Waals surface area (Å²) >= 11 is 0.755. The van der Waals surface area contributed by atoms with Crippen molar-refractivity contribution in [3.8, 4) is 16.9 Å². The molecule has 0 unspecified atom stereocenters. The summed E-state index contributed by atoms with van der Waals surface area (Å²) < 4.78 is 65.7. The Labute approximate surface area is 144 Å². The third kappa shape index (κ3) is 3.24. The number of hydrogen-bond donors (Lipinski definition) is 0.